The molecule has 0 saturated heterocycles. The first kappa shape index (κ1) is 14.0. The van der Waals surface area contributed by atoms with Crippen molar-refractivity contribution in [1.82, 2.24) is 5.32 Å². The van der Waals surface area contributed by atoms with E-state index in [-0.39, 0.29) is 5.82 Å². The topological polar surface area (TPSA) is 21.3 Å². The summed E-state index contributed by atoms with van der Waals surface area (Å²) in [4.78, 5) is 1.35. The van der Waals surface area contributed by atoms with E-state index in [1.165, 1.54) is 16.5 Å². The van der Waals surface area contributed by atoms with Crippen LogP contribution in [0.3, 0.4) is 0 Å². The van der Waals surface area contributed by atoms with E-state index < -0.39 is 0 Å². The maximum atomic E-state index is 13.3. The maximum Gasteiger partial charge on any atom is 0.129 e. The molecule has 2 aromatic rings. The lowest BCUT2D eigenvalue weighted by molar-refractivity contribution is 0.312. The second kappa shape index (κ2) is 6.68. The number of benzene rings is 1. The quantitative estimate of drug-likeness (QED) is 0.815. The molecule has 1 aromatic heterocycles. The van der Waals surface area contributed by atoms with E-state index >= 15 is 0 Å². The van der Waals surface area contributed by atoms with Gasteiger partial charge in [-0.3, -0.25) is 0 Å². The molecule has 0 aliphatic heterocycles. The maximum absolute atomic E-state index is 13.3. The van der Waals surface area contributed by atoms with E-state index in [1.54, 1.807) is 30.4 Å². The molecule has 0 spiro atoms. The summed E-state index contributed by atoms with van der Waals surface area (Å²) in [5.74, 6) is 0.358. The number of nitrogens with one attached hydrogen (secondary N) is 1. The Kier molecular flexibility index (Phi) is 4.93. The largest absolute Gasteiger partial charge is 0.492 e. The summed E-state index contributed by atoms with van der Waals surface area (Å²) >= 11 is 1.75. The lowest BCUT2D eigenvalue weighted by atomic mass is 10.2. The minimum Gasteiger partial charge on any atom is -0.492 e. The number of halogens is 1. The molecule has 1 heterocycles. The first-order valence-electron chi connectivity index (χ1n) is 6.29. The van der Waals surface area contributed by atoms with Gasteiger partial charge in [0.1, 0.15) is 18.2 Å². The van der Waals surface area contributed by atoms with Crippen LogP contribution >= 0.6 is 11.3 Å². The minimum atomic E-state index is -0.223. The minimum absolute atomic E-state index is 0.223. The Morgan fingerprint density at radius 3 is 2.74 bits per heavy atom. The fourth-order valence-corrected chi connectivity index (χ4v) is 2.57. The van der Waals surface area contributed by atoms with Crippen LogP contribution in [0.15, 0.2) is 29.6 Å². The number of hydrogen-bond acceptors (Lipinski definition) is 3. The third-order valence-electron chi connectivity index (χ3n) is 2.94. The molecule has 0 aliphatic rings. The van der Waals surface area contributed by atoms with E-state index in [0.717, 1.165) is 13.1 Å². The van der Waals surface area contributed by atoms with Gasteiger partial charge < -0.3 is 10.1 Å². The highest BCUT2D eigenvalue weighted by atomic mass is 32.1. The van der Waals surface area contributed by atoms with Crippen molar-refractivity contribution in [3.63, 3.8) is 0 Å². The van der Waals surface area contributed by atoms with Crippen LogP contribution < -0.4 is 10.1 Å². The zero-order valence-corrected chi connectivity index (χ0v) is 12.0. The Labute approximate surface area is 117 Å². The highest BCUT2D eigenvalue weighted by Crippen LogP contribution is 2.16. The molecule has 0 saturated carbocycles. The van der Waals surface area contributed by atoms with Crippen LogP contribution in [-0.2, 0) is 6.54 Å². The van der Waals surface area contributed by atoms with E-state index in [2.05, 4.69) is 23.7 Å². The average molecular weight is 279 g/mol. The van der Waals surface area contributed by atoms with Crippen molar-refractivity contribution >= 4 is 11.3 Å². The van der Waals surface area contributed by atoms with Gasteiger partial charge in [0, 0.05) is 24.0 Å². The summed E-state index contributed by atoms with van der Waals surface area (Å²) in [6.45, 7) is 5.98. The van der Waals surface area contributed by atoms with Gasteiger partial charge >= 0.3 is 0 Å². The predicted molar refractivity (Wildman–Crippen MR) is 77.4 cm³/mol. The van der Waals surface area contributed by atoms with E-state index in [9.17, 15) is 4.39 Å². The monoisotopic (exact) mass is 279 g/mol. The summed E-state index contributed by atoms with van der Waals surface area (Å²) in [5, 5.41) is 5.41. The highest BCUT2D eigenvalue weighted by molar-refractivity contribution is 7.10. The summed E-state index contributed by atoms with van der Waals surface area (Å²) < 4.78 is 18.8. The summed E-state index contributed by atoms with van der Waals surface area (Å²) in [7, 11) is 0. The predicted octanol–water partition coefficient (Wildman–Crippen LogP) is 3.67. The number of thiophene rings is 1. The molecule has 102 valence electrons. The number of rotatable bonds is 6. The molecule has 0 amide bonds. The molecule has 19 heavy (non-hydrogen) atoms. The fourth-order valence-electron chi connectivity index (χ4n) is 1.69. The van der Waals surface area contributed by atoms with Crippen molar-refractivity contribution in [2.24, 2.45) is 0 Å². The van der Waals surface area contributed by atoms with Crippen molar-refractivity contribution in [2.75, 3.05) is 13.2 Å². The molecule has 0 radical (unpaired) electrons. The molecule has 0 atom stereocenters. The van der Waals surface area contributed by atoms with Gasteiger partial charge in [-0.1, -0.05) is 6.07 Å². The van der Waals surface area contributed by atoms with Crippen molar-refractivity contribution < 1.29 is 9.13 Å². The lowest BCUT2D eigenvalue weighted by Crippen LogP contribution is -2.20. The zero-order chi connectivity index (χ0) is 13.7. The smallest absolute Gasteiger partial charge is 0.129 e. The Bertz CT molecular complexity index is 539. The Morgan fingerprint density at radius 1 is 1.21 bits per heavy atom. The van der Waals surface area contributed by atoms with Gasteiger partial charge in [0.05, 0.1) is 0 Å². The van der Waals surface area contributed by atoms with Crippen LogP contribution in [0.4, 0.5) is 4.39 Å². The summed E-state index contributed by atoms with van der Waals surface area (Å²) in [6, 6.07) is 7.07. The molecule has 1 N–H and O–H groups in total. The van der Waals surface area contributed by atoms with Gasteiger partial charge in [0.2, 0.25) is 0 Å². The second-order valence-electron chi connectivity index (χ2n) is 4.46. The van der Waals surface area contributed by atoms with Crippen molar-refractivity contribution in [3.8, 4) is 5.75 Å². The molecule has 4 heteroatoms. The van der Waals surface area contributed by atoms with Crippen LogP contribution in [-0.4, -0.2) is 13.2 Å². The molecule has 0 bridgehead atoms. The van der Waals surface area contributed by atoms with Crippen LogP contribution in [0.1, 0.15) is 16.0 Å². The molecular weight excluding hydrogens is 261 g/mol. The number of hydrogen-bond donors (Lipinski definition) is 1. The number of ether oxygens (including phenoxy) is 1. The standard InChI is InChI=1S/C15H18FNOS/c1-11-3-4-13(9-14(11)16)18-7-6-17-10-15-12(2)5-8-19-15/h3-5,8-9,17H,6-7,10H2,1-2H3. The van der Waals surface area contributed by atoms with Gasteiger partial charge in [0.15, 0.2) is 0 Å². The molecule has 2 nitrogen and oxygen atoms in total. The first-order valence-corrected chi connectivity index (χ1v) is 7.17. The summed E-state index contributed by atoms with van der Waals surface area (Å²) in [5.41, 5.74) is 1.96. The molecule has 0 unspecified atom stereocenters. The van der Waals surface area contributed by atoms with E-state index in [4.69, 9.17) is 4.74 Å². The Balaban J connectivity index is 1.69. The van der Waals surface area contributed by atoms with E-state index in [0.29, 0.717) is 17.9 Å². The van der Waals surface area contributed by atoms with Gasteiger partial charge in [-0.15, -0.1) is 11.3 Å². The summed E-state index contributed by atoms with van der Waals surface area (Å²) in [6.07, 6.45) is 0. The SMILES string of the molecule is Cc1ccc(OCCNCc2sccc2C)cc1F. The van der Waals surface area contributed by atoms with Crippen LogP contribution in [0, 0.1) is 19.7 Å². The zero-order valence-electron chi connectivity index (χ0n) is 11.2. The molecule has 0 aliphatic carbocycles. The second-order valence-corrected chi connectivity index (χ2v) is 5.46. The fraction of sp³-hybridized carbons (Fsp3) is 0.333. The van der Waals surface area contributed by atoms with Gasteiger partial charge in [-0.2, -0.15) is 0 Å². The lowest BCUT2D eigenvalue weighted by Gasteiger charge is -2.08. The number of aryl methyl sites for hydroxylation is 2. The third-order valence-corrected chi connectivity index (χ3v) is 3.97. The normalized spacial score (nSPS) is 10.7. The van der Waals surface area contributed by atoms with Gasteiger partial charge in [-0.25, -0.2) is 4.39 Å². The van der Waals surface area contributed by atoms with E-state index in [1.807, 2.05) is 0 Å². The van der Waals surface area contributed by atoms with Crippen molar-refractivity contribution in [2.45, 2.75) is 20.4 Å². The Morgan fingerprint density at radius 2 is 2.05 bits per heavy atom. The van der Waals surface area contributed by atoms with Gasteiger partial charge in [0.25, 0.3) is 0 Å². The van der Waals surface area contributed by atoms with Crippen LogP contribution in [0.5, 0.6) is 5.75 Å². The van der Waals surface area contributed by atoms with Crippen molar-refractivity contribution in [1.29, 1.82) is 0 Å². The molecule has 2 rings (SSSR count). The molecule has 1 aromatic carbocycles. The van der Waals surface area contributed by atoms with Crippen molar-refractivity contribution in [3.05, 3.63) is 51.5 Å². The third kappa shape index (κ3) is 4.04. The van der Waals surface area contributed by atoms with Gasteiger partial charge in [-0.05, 0) is 42.5 Å². The Hall–Kier alpha value is -1.39. The van der Waals surface area contributed by atoms with Crippen LogP contribution in [0.2, 0.25) is 0 Å². The molecule has 0 fully saturated rings. The average Bonchev–Trinajstić information content (AvgIpc) is 2.79. The molecular formula is C15H18FNOS. The van der Waals surface area contributed by atoms with Crippen LogP contribution in [0.25, 0.3) is 0 Å². The highest BCUT2D eigenvalue weighted by Gasteiger charge is 2.01. The first-order chi connectivity index (χ1) is 9.16.